The van der Waals surface area contributed by atoms with Gasteiger partial charge < -0.3 is 5.11 Å². The SMILES string of the molecule is CCN(CCO)S(=O)(=O)c1cc([N+](=O)[O-])c(Cl)s1. The standard InChI is InChI=1S/C8H11ClN2O5S2/c1-2-10(3-4-12)18(15,16)7-5-6(11(13)14)8(9)17-7/h5,12H,2-4H2,1H3. The Morgan fingerprint density at radius 3 is 2.61 bits per heavy atom. The van der Waals surface area contributed by atoms with Crippen molar-refractivity contribution in [2.45, 2.75) is 11.1 Å². The van der Waals surface area contributed by atoms with Crippen LogP contribution in [0.15, 0.2) is 10.3 Å². The van der Waals surface area contributed by atoms with E-state index in [1.54, 1.807) is 6.92 Å². The monoisotopic (exact) mass is 314 g/mol. The average Bonchev–Trinajstić information content (AvgIpc) is 2.68. The Balaban J connectivity index is 3.20. The molecule has 18 heavy (non-hydrogen) atoms. The molecule has 0 aliphatic heterocycles. The van der Waals surface area contributed by atoms with E-state index < -0.39 is 20.6 Å². The number of likely N-dealkylation sites (N-methyl/N-ethyl adjacent to an activating group) is 1. The molecule has 7 nitrogen and oxygen atoms in total. The fourth-order valence-corrected chi connectivity index (χ4v) is 4.54. The summed E-state index contributed by atoms with van der Waals surface area (Å²) < 4.78 is 24.8. The molecule has 1 rings (SSSR count). The van der Waals surface area contributed by atoms with Crippen LogP contribution in [-0.2, 0) is 10.0 Å². The lowest BCUT2D eigenvalue weighted by Crippen LogP contribution is -2.32. The number of halogens is 1. The Labute approximate surface area is 113 Å². The number of sulfonamides is 1. The van der Waals surface area contributed by atoms with Crippen molar-refractivity contribution < 1.29 is 18.4 Å². The maximum atomic E-state index is 12.1. The minimum Gasteiger partial charge on any atom is -0.395 e. The highest BCUT2D eigenvalue weighted by molar-refractivity contribution is 7.91. The Bertz CT molecular complexity index is 542. The van der Waals surface area contributed by atoms with E-state index in [0.717, 1.165) is 10.4 Å². The van der Waals surface area contributed by atoms with Crippen LogP contribution in [0.1, 0.15) is 6.92 Å². The first-order chi connectivity index (χ1) is 8.34. The van der Waals surface area contributed by atoms with Gasteiger partial charge in [-0.3, -0.25) is 10.1 Å². The molecular weight excluding hydrogens is 304 g/mol. The van der Waals surface area contributed by atoms with Crippen molar-refractivity contribution in [2.75, 3.05) is 19.7 Å². The van der Waals surface area contributed by atoms with E-state index in [0.29, 0.717) is 11.3 Å². The second-order valence-electron chi connectivity index (χ2n) is 3.20. The van der Waals surface area contributed by atoms with Crippen LogP contribution >= 0.6 is 22.9 Å². The highest BCUT2D eigenvalue weighted by atomic mass is 35.5. The van der Waals surface area contributed by atoms with Crippen LogP contribution in [0.4, 0.5) is 5.69 Å². The highest BCUT2D eigenvalue weighted by Gasteiger charge is 2.29. The predicted octanol–water partition coefficient (Wildman–Crippen LogP) is 1.31. The molecule has 0 radical (unpaired) electrons. The van der Waals surface area contributed by atoms with Crippen LogP contribution < -0.4 is 0 Å². The van der Waals surface area contributed by atoms with Crippen molar-refractivity contribution in [1.29, 1.82) is 0 Å². The van der Waals surface area contributed by atoms with Gasteiger partial charge in [-0.1, -0.05) is 18.5 Å². The topological polar surface area (TPSA) is 101 Å². The summed E-state index contributed by atoms with van der Waals surface area (Å²) in [5.41, 5.74) is -0.430. The summed E-state index contributed by atoms with van der Waals surface area (Å²) in [4.78, 5) is 9.87. The fourth-order valence-electron chi connectivity index (χ4n) is 1.28. The molecule has 0 aliphatic rings. The zero-order chi connectivity index (χ0) is 13.9. The van der Waals surface area contributed by atoms with Crippen LogP contribution in [0.25, 0.3) is 0 Å². The maximum Gasteiger partial charge on any atom is 0.300 e. The fraction of sp³-hybridized carbons (Fsp3) is 0.500. The third-order valence-corrected chi connectivity index (χ3v) is 5.90. The number of nitrogens with zero attached hydrogens (tertiary/aromatic N) is 2. The molecule has 1 heterocycles. The van der Waals surface area contributed by atoms with Crippen LogP contribution in [0.2, 0.25) is 4.34 Å². The molecule has 1 aromatic rings. The van der Waals surface area contributed by atoms with Crippen LogP contribution in [-0.4, -0.2) is 42.4 Å². The summed E-state index contributed by atoms with van der Waals surface area (Å²) in [5.74, 6) is 0. The van der Waals surface area contributed by atoms with E-state index in [-0.39, 0.29) is 28.2 Å². The first kappa shape index (κ1) is 15.3. The minimum absolute atomic E-state index is 0.0673. The molecule has 1 N–H and O–H groups in total. The zero-order valence-corrected chi connectivity index (χ0v) is 11.8. The molecule has 0 spiro atoms. The van der Waals surface area contributed by atoms with Gasteiger partial charge in [-0.2, -0.15) is 4.31 Å². The lowest BCUT2D eigenvalue weighted by molar-refractivity contribution is -0.384. The van der Waals surface area contributed by atoms with Crippen LogP contribution in [0.3, 0.4) is 0 Å². The van der Waals surface area contributed by atoms with Gasteiger partial charge in [0, 0.05) is 19.2 Å². The molecular formula is C8H11ClN2O5S2. The Morgan fingerprint density at radius 1 is 1.61 bits per heavy atom. The van der Waals surface area contributed by atoms with Crippen molar-refractivity contribution in [1.82, 2.24) is 4.31 Å². The molecule has 0 bridgehead atoms. The normalized spacial score (nSPS) is 12.0. The third-order valence-electron chi connectivity index (χ3n) is 2.14. The van der Waals surface area contributed by atoms with Gasteiger partial charge in [0.25, 0.3) is 15.7 Å². The lowest BCUT2D eigenvalue weighted by Gasteiger charge is -2.17. The van der Waals surface area contributed by atoms with Gasteiger partial charge >= 0.3 is 0 Å². The summed E-state index contributed by atoms with van der Waals surface area (Å²) in [6.07, 6.45) is 0. The van der Waals surface area contributed by atoms with Gasteiger partial charge in [-0.05, 0) is 0 Å². The first-order valence-corrected chi connectivity index (χ1v) is 7.52. The van der Waals surface area contributed by atoms with Crippen LogP contribution in [0, 0.1) is 10.1 Å². The van der Waals surface area contributed by atoms with Gasteiger partial charge in [-0.15, -0.1) is 11.3 Å². The molecule has 0 fully saturated rings. The van der Waals surface area contributed by atoms with Gasteiger partial charge in [0.2, 0.25) is 0 Å². The van der Waals surface area contributed by atoms with Crippen molar-refractivity contribution in [2.24, 2.45) is 0 Å². The number of hydrogen-bond donors (Lipinski definition) is 1. The molecule has 0 atom stereocenters. The number of thiophene rings is 1. The Hall–Kier alpha value is -0.740. The predicted molar refractivity (Wildman–Crippen MR) is 67.5 cm³/mol. The average molecular weight is 315 g/mol. The maximum absolute atomic E-state index is 12.1. The number of nitro groups is 1. The molecule has 0 aromatic carbocycles. The zero-order valence-electron chi connectivity index (χ0n) is 9.37. The Morgan fingerprint density at radius 2 is 2.22 bits per heavy atom. The first-order valence-electron chi connectivity index (χ1n) is 4.89. The largest absolute Gasteiger partial charge is 0.395 e. The molecule has 0 aliphatic carbocycles. The summed E-state index contributed by atoms with van der Waals surface area (Å²) in [6.45, 7) is 1.37. The summed E-state index contributed by atoms with van der Waals surface area (Å²) in [7, 11) is -3.85. The molecule has 102 valence electrons. The quantitative estimate of drug-likeness (QED) is 0.630. The third kappa shape index (κ3) is 2.98. The number of hydrogen-bond acceptors (Lipinski definition) is 6. The van der Waals surface area contributed by atoms with E-state index in [1.165, 1.54) is 0 Å². The molecule has 0 unspecified atom stereocenters. The molecule has 10 heteroatoms. The Kier molecular flexibility index (Phi) is 5.05. The summed E-state index contributed by atoms with van der Waals surface area (Å²) in [5, 5.41) is 19.4. The van der Waals surface area contributed by atoms with Crippen molar-refractivity contribution in [3.8, 4) is 0 Å². The van der Waals surface area contributed by atoms with Gasteiger partial charge in [0.15, 0.2) is 4.34 Å². The second kappa shape index (κ2) is 5.93. The van der Waals surface area contributed by atoms with Crippen molar-refractivity contribution in [3.63, 3.8) is 0 Å². The number of rotatable bonds is 6. The summed E-state index contributed by atoms with van der Waals surface area (Å²) in [6, 6.07) is 0.933. The molecule has 0 saturated heterocycles. The van der Waals surface area contributed by atoms with Crippen molar-refractivity contribution in [3.05, 3.63) is 20.5 Å². The van der Waals surface area contributed by atoms with Gasteiger partial charge in [0.1, 0.15) is 4.21 Å². The molecule has 0 amide bonds. The van der Waals surface area contributed by atoms with Crippen LogP contribution in [0.5, 0.6) is 0 Å². The minimum atomic E-state index is -3.85. The highest BCUT2D eigenvalue weighted by Crippen LogP contribution is 2.37. The van der Waals surface area contributed by atoms with E-state index in [1.807, 2.05) is 0 Å². The number of aliphatic hydroxyl groups excluding tert-OH is 1. The van der Waals surface area contributed by atoms with E-state index in [4.69, 9.17) is 16.7 Å². The smallest absolute Gasteiger partial charge is 0.300 e. The number of aliphatic hydroxyl groups is 1. The van der Waals surface area contributed by atoms with Gasteiger partial charge in [-0.25, -0.2) is 8.42 Å². The van der Waals surface area contributed by atoms with Gasteiger partial charge in [0.05, 0.1) is 11.5 Å². The molecule has 1 aromatic heterocycles. The van der Waals surface area contributed by atoms with E-state index in [2.05, 4.69) is 0 Å². The lowest BCUT2D eigenvalue weighted by atomic mass is 10.6. The van der Waals surface area contributed by atoms with E-state index in [9.17, 15) is 18.5 Å². The summed E-state index contributed by atoms with van der Waals surface area (Å²) >= 11 is 6.25. The molecule has 0 saturated carbocycles. The van der Waals surface area contributed by atoms with Crippen molar-refractivity contribution >= 4 is 38.6 Å². The van der Waals surface area contributed by atoms with E-state index >= 15 is 0 Å². The second-order valence-corrected chi connectivity index (χ2v) is 7.02.